The second-order valence-corrected chi connectivity index (χ2v) is 36.9. The van der Waals surface area contributed by atoms with E-state index >= 15 is 0 Å². The molecule has 0 aromatic heterocycles. The largest absolute Gasteiger partial charge is 0.382 e. The highest BCUT2D eigenvalue weighted by Crippen LogP contribution is 2.56. The van der Waals surface area contributed by atoms with E-state index in [9.17, 15) is 0 Å². The maximum absolute atomic E-state index is 7.18. The van der Waals surface area contributed by atoms with Gasteiger partial charge in [0, 0.05) is 99.2 Å². The van der Waals surface area contributed by atoms with Crippen LogP contribution in [0.5, 0.6) is 0 Å². The molecule has 2 aliphatic rings. The number of nitrogens with zero attached hydrogens (tertiary/aromatic N) is 6. The lowest BCUT2D eigenvalue weighted by molar-refractivity contribution is -0.192. The van der Waals surface area contributed by atoms with Crippen molar-refractivity contribution < 1.29 is 47.4 Å². The van der Waals surface area contributed by atoms with Gasteiger partial charge in [0.15, 0.2) is 0 Å². The Labute approximate surface area is 553 Å². The van der Waals surface area contributed by atoms with E-state index in [1.54, 1.807) is 14.2 Å². The third kappa shape index (κ3) is 38.0. The van der Waals surface area contributed by atoms with Crippen molar-refractivity contribution in [3.8, 4) is 0 Å². The number of methoxy groups -OCH3 is 2. The predicted octanol–water partition coefficient (Wildman–Crippen LogP) is 13.0. The van der Waals surface area contributed by atoms with Crippen LogP contribution in [-0.2, 0) is 47.4 Å². The Morgan fingerprint density at radius 1 is 0.303 bits per heavy atom. The van der Waals surface area contributed by atoms with Gasteiger partial charge in [0.25, 0.3) is 0 Å². The number of rotatable bonds is 24. The molecule has 16 nitrogen and oxygen atoms in total. The molecule has 2 bridgehead atoms. The molecule has 536 valence electrons. The van der Waals surface area contributed by atoms with E-state index in [1.165, 1.54) is 0 Å². The Hall–Kier alpha value is -0.640. The van der Waals surface area contributed by atoms with E-state index in [1.807, 2.05) is 0 Å². The molecule has 0 aromatic rings. The SMILES string of the molecule is CN(C)CC1(CC(C)(C)C)COCOCC(CN(C)C)(CC(C)(C)C)CC2(CN(C)C)COCOCC(CN(C)C)(C1)CC(CN(C)C)(C(C)(C)C)COCOCC(CN(C)C)(C(C)(C)C)C2.COCCOCCC(C)(C)C.COCCOCCC(C)(C)C. The molecule has 0 spiro atoms. The molecule has 0 N–H and O–H groups in total. The van der Waals surface area contributed by atoms with Gasteiger partial charge < -0.3 is 76.8 Å². The van der Waals surface area contributed by atoms with Crippen LogP contribution >= 0.6 is 0 Å². The first-order valence-corrected chi connectivity index (χ1v) is 34.0. The van der Waals surface area contributed by atoms with Gasteiger partial charge in [0.05, 0.1) is 66.1 Å². The average Bonchev–Trinajstić information content (AvgIpc) is 0.830. The average molecular weight is 1280 g/mol. The van der Waals surface area contributed by atoms with Gasteiger partial charge in [-0.3, -0.25) is 0 Å². The predicted molar refractivity (Wildman–Crippen MR) is 375 cm³/mol. The van der Waals surface area contributed by atoms with Gasteiger partial charge in [0.1, 0.15) is 20.4 Å². The van der Waals surface area contributed by atoms with Crippen LogP contribution in [0.2, 0.25) is 0 Å². The number of hydrogen-bond donors (Lipinski definition) is 0. The van der Waals surface area contributed by atoms with Crippen LogP contribution in [0.3, 0.4) is 0 Å². The molecular weight excluding hydrogens is 1120 g/mol. The fourth-order valence-corrected chi connectivity index (χ4v) is 15.1. The zero-order valence-corrected chi connectivity index (χ0v) is 65.3. The first-order valence-electron chi connectivity index (χ1n) is 34.0. The Balaban J connectivity index is 0.00000295. The number of ether oxygens (including phenoxy) is 10. The Kier molecular flexibility index (Phi) is 39.3. The van der Waals surface area contributed by atoms with Gasteiger partial charge in [-0.2, -0.15) is 0 Å². The maximum atomic E-state index is 7.18. The standard InChI is InChI=1S/C55H114N6O6.2C9H20O2/c1-46(2,3)25-50(31-56(13)14)27-52(33-58(17)18)29-54(35-60(21)22,48(7,8)9)41-66-45-67-42-55(36-61(23)24,49(10,11)12)30-53(34-59(19)20,40-65-44-64-39-52)28-51(32-57(15)16,26-47(4,5)6)38-63-43-62-37-50;2*1-9(2,3)5-6-11-8-7-10-4/h25-45H2,1-24H3;2*5-8H2,1-4H3. The Morgan fingerprint density at radius 2 is 0.573 bits per heavy atom. The van der Waals surface area contributed by atoms with Gasteiger partial charge in [-0.25, -0.2) is 0 Å². The van der Waals surface area contributed by atoms with E-state index in [0.717, 1.165) is 104 Å². The van der Waals surface area contributed by atoms with Crippen molar-refractivity contribution in [2.24, 2.45) is 65.0 Å². The van der Waals surface area contributed by atoms with Crippen molar-refractivity contribution in [1.82, 2.24) is 29.4 Å². The minimum absolute atomic E-state index is 0.0338. The fraction of sp³-hybridized carbons (Fsp3) is 1.00. The molecule has 0 radical (unpaired) electrons. The summed E-state index contributed by atoms with van der Waals surface area (Å²) in [4.78, 5) is 14.2. The molecule has 2 heterocycles. The molecule has 0 aliphatic carbocycles. The summed E-state index contributed by atoms with van der Waals surface area (Å²) in [6.07, 6.45) is 7.73. The lowest BCUT2D eigenvalue weighted by Gasteiger charge is -2.55. The quantitative estimate of drug-likeness (QED) is 0.0854. The molecule has 16 heteroatoms. The summed E-state index contributed by atoms with van der Waals surface area (Å²) in [5.74, 6) is 0. The molecule has 2 aliphatic heterocycles. The molecule has 6 atom stereocenters. The molecule has 0 saturated carbocycles. The summed E-state index contributed by atoms with van der Waals surface area (Å²) in [5, 5.41) is 0. The summed E-state index contributed by atoms with van der Waals surface area (Å²) < 4.78 is 62.8. The highest BCUT2D eigenvalue weighted by Gasteiger charge is 2.55. The van der Waals surface area contributed by atoms with Crippen LogP contribution in [0.25, 0.3) is 0 Å². The van der Waals surface area contributed by atoms with Crippen LogP contribution in [0.15, 0.2) is 0 Å². The third-order valence-corrected chi connectivity index (χ3v) is 17.5. The maximum Gasteiger partial charge on any atom is 0.146 e. The zero-order chi connectivity index (χ0) is 69.0. The molecule has 0 amide bonds. The lowest BCUT2D eigenvalue weighted by Crippen LogP contribution is -2.57. The van der Waals surface area contributed by atoms with E-state index in [4.69, 9.17) is 47.4 Å². The number of fused-ring (bicyclic) bond motifs is 6. The molecule has 89 heavy (non-hydrogen) atoms. The van der Waals surface area contributed by atoms with E-state index < -0.39 is 0 Å². The first-order chi connectivity index (χ1) is 40.5. The lowest BCUT2D eigenvalue weighted by atomic mass is 9.55. The molecular formula is C73H154N6O10. The fourth-order valence-electron chi connectivity index (χ4n) is 15.1. The minimum Gasteiger partial charge on any atom is -0.382 e. The summed E-state index contributed by atoms with van der Waals surface area (Å²) in [6.45, 7) is 55.8. The summed E-state index contributed by atoms with van der Waals surface area (Å²) >= 11 is 0. The van der Waals surface area contributed by atoms with E-state index in [2.05, 4.69) is 239 Å². The summed E-state index contributed by atoms with van der Waals surface area (Å²) in [7, 11) is 30.0. The normalized spacial score (nSPS) is 26.9. The second-order valence-electron chi connectivity index (χ2n) is 36.9. The first kappa shape index (κ1) is 88.4. The van der Waals surface area contributed by atoms with E-state index in [-0.39, 0.29) is 74.5 Å². The summed E-state index contributed by atoms with van der Waals surface area (Å²) in [5.41, 5.74) is -1.09. The van der Waals surface area contributed by atoms with Gasteiger partial charge in [-0.1, -0.05) is 125 Å². The van der Waals surface area contributed by atoms with Gasteiger partial charge in [0.2, 0.25) is 0 Å². The second kappa shape index (κ2) is 39.5. The third-order valence-electron chi connectivity index (χ3n) is 17.5. The molecule has 2 saturated heterocycles. The summed E-state index contributed by atoms with van der Waals surface area (Å²) in [6, 6.07) is 0. The van der Waals surface area contributed by atoms with Crippen molar-refractivity contribution >= 4 is 0 Å². The Bertz CT molecular complexity index is 1690. The van der Waals surface area contributed by atoms with Crippen LogP contribution in [0, 0.1) is 65.0 Å². The minimum atomic E-state index is -0.318. The Morgan fingerprint density at radius 3 is 0.809 bits per heavy atom. The molecule has 2 rings (SSSR count). The van der Waals surface area contributed by atoms with Gasteiger partial charge >= 0.3 is 0 Å². The van der Waals surface area contributed by atoms with Crippen LogP contribution in [-0.4, -0.2) is 267 Å². The van der Waals surface area contributed by atoms with Crippen molar-refractivity contribution in [1.29, 1.82) is 0 Å². The molecule has 0 aromatic carbocycles. The van der Waals surface area contributed by atoms with Crippen molar-refractivity contribution in [2.45, 2.75) is 176 Å². The molecule has 2 fully saturated rings. The number of hydrogen-bond acceptors (Lipinski definition) is 16. The van der Waals surface area contributed by atoms with Crippen molar-refractivity contribution in [2.75, 3.05) is 238 Å². The van der Waals surface area contributed by atoms with E-state index in [0.29, 0.717) is 76.9 Å². The van der Waals surface area contributed by atoms with Crippen molar-refractivity contribution in [3.63, 3.8) is 0 Å². The highest BCUT2D eigenvalue weighted by molar-refractivity contribution is 5.05. The van der Waals surface area contributed by atoms with Gasteiger partial charge in [-0.15, -0.1) is 0 Å². The van der Waals surface area contributed by atoms with Gasteiger partial charge in [-0.05, 0) is 168 Å². The highest BCUT2D eigenvalue weighted by atomic mass is 16.7. The topological polar surface area (TPSA) is 112 Å². The van der Waals surface area contributed by atoms with Crippen molar-refractivity contribution in [3.05, 3.63) is 0 Å². The smallest absolute Gasteiger partial charge is 0.146 e. The van der Waals surface area contributed by atoms with Crippen LogP contribution < -0.4 is 0 Å². The zero-order valence-electron chi connectivity index (χ0n) is 65.3. The monoisotopic (exact) mass is 1280 g/mol. The molecule has 6 unspecified atom stereocenters. The van der Waals surface area contributed by atoms with Crippen LogP contribution in [0.4, 0.5) is 0 Å². The van der Waals surface area contributed by atoms with Crippen LogP contribution in [0.1, 0.15) is 176 Å².